The van der Waals surface area contributed by atoms with Gasteiger partial charge in [-0.1, -0.05) is 52.3 Å². The summed E-state index contributed by atoms with van der Waals surface area (Å²) in [7, 11) is 0. The van der Waals surface area contributed by atoms with E-state index in [2.05, 4.69) is 33.4 Å². The second-order valence-electron chi connectivity index (χ2n) is 11.7. The van der Waals surface area contributed by atoms with Gasteiger partial charge in [0.15, 0.2) is 5.78 Å². The van der Waals surface area contributed by atoms with Gasteiger partial charge in [-0.15, -0.1) is 0 Å². The van der Waals surface area contributed by atoms with Crippen molar-refractivity contribution in [3.8, 4) is 0 Å². The molecule has 0 amide bonds. The lowest BCUT2D eigenvalue weighted by Crippen LogP contribution is -2.53. The molecule has 0 bridgehead atoms. The number of carbonyl (C=O) groups is 1. The quantitative estimate of drug-likeness (QED) is 0.422. The van der Waals surface area contributed by atoms with Gasteiger partial charge in [0.25, 0.3) is 0 Å². The van der Waals surface area contributed by atoms with Crippen LogP contribution in [-0.2, 0) is 4.79 Å². The molecule has 4 rings (SSSR count). The number of hydrogen-bond donors (Lipinski definition) is 0. The molecule has 0 aromatic carbocycles. The van der Waals surface area contributed by atoms with Crippen molar-refractivity contribution in [2.45, 2.75) is 91.9 Å². The van der Waals surface area contributed by atoms with E-state index in [4.69, 9.17) is 0 Å². The minimum atomic E-state index is 0.0869. The van der Waals surface area contributed by atoms with Crippen molar-refractivity contribution < 1.29 is 4.79 Å². The Morgan fingerprint density at radius 3 is 2.71 bits per heavy atom. The molecule has 3 saturated carbocycles. The smallest absolute Gasteiger partial charge is 0.178 e. The zero-order chi connectivity index (χ0) is 22.2. The van der Waals surface area contributed by atoms with Gasteiger partial charge < -0.3 is 4.90 Å². The molecule has 172 valence electrons. The van der Waals surface area contributed by atoms with Crippen LogP contribution in [0.15, 0.2) is 36.7 Å². The predicted octanol–water partition coefficient (Wildman–Crippen LogP) is 7.53. The van der Waals surface area contributed by atoms with Crippen LogP contribution in [0.3, 0.4) is 0 Å². The minimum Gasteiger partial charge on any atom is -0.347 e. The molecular weight excluding hydrogens is 378 g/mol. The monoisotopic (exact) mass is 423 g/mol. The zero-order valence-electron chi connectivity index (χ0n) is 20.5. The summed E-state index contributed by atoms with van der Waals surface area (Å²) < 4.78 is 0. The lowest BCUT2D eigenvalue weighted by molar-refractivity contribution is -0.122. The van der Waals surface area contributed by atoms with Crippen LogP contribution in [0.2, 0.25) is 0 Å². The third-order valence-electron chi connectivity index (χ3n) is 10.3. The third kappa shape index (κ3) is 3.87. The molecule has 0 aromatic rings. The molecule has 2 heteroatoms. The van der Waals surface area contributed by atoms with Crippen LogP contribution in [0.1, 0.15) is 91.9 Å². The molecule has 0 saturated heterocycles. The van der Waals surface area contributed by atoms with Crippen molar-refractivity contribution in [1.29, 1.82) is 0 Å². The number of ketones is 1. The van der Waals surface area contributed by atoms with E-state index >= 15 is 0 Å². The molecule has 31 heavy (non-hydrogen) atoms. The lowest BCUT2D eigenvalue weighted by Gasteiger charge is -2.61. The number of allylic oxidation sites excluding steroid dienone is 2. The first kappa shape index (κ1) is 22.9. The van der Waals surface area contributed by atoms with E-state index in [1.165, 1.54) is 57.8 Å². The summed E-state index contributed by atoms with van der Waals surface area (Å²) in [4.78, 5) is 15.2. The Labute approximate surface area is 191 Å². The van der Waals surface area contributed by atoms with E-state index in [9.17, 15) is 4.79 Å². The fourth-order valence-electron chi connectivity index (χ4n) is 8.64. The molecule has 7 unspecified atom stereocenters. The highest BCUT2D eigenvalue weighted by molar-refractivity contribution is 5.98. The topological polar surface area (TPSA) is 20.3 Å². The van der Waals surface area contributed by atoms with E-state index in [1.807, 2.05) is 24.1 Å². The first-order chi connectivity index (χ1) is 14.9. The maximum Gasteiger partial charge on any atom is 0.178 e. The summed E-state index contributed by atoms with van der Waals surface area (Å²) in [6, 6.07) is 0. The number of nitrogens with zero attached hydrogens (tertiary/aromatic N) is 1. The van der Waals surface area contributed by atoms with Gasteiger partial charge in [-0.3, -0.25) is 4.79 Å². The van der Waals surface area contributed by atoms with Crippen LogP contribution in [0.25, 0.3) is 0 Å². The van der Waals surface area contributed by atoms with E-state index in [-0.39, 0.29) is 5.41 Å². The van der Waals surface area contributed by atoms with Crippen LogP contribution in [0, 0.1) is 40.4 Å². The number of rotatable bonds is 7. The maximum atomic E-state index is 13.3. The molecule has 0 aromatic heterocycles. The van der Waals surface area contributed by atoms with Gasteiger partial charge in [-0.05, 0) is 117 Å². The van der Waals surface area contributed by atoms with Crippen molar-refractivity contribution in [3.05, 3.63) is 36.7 Å². The molecule has 7 atom stereocenters. The van der Waals surface area contributed by atoms with Gasteiger partial charge >= 0.3 is 0 Å². The van der Waals surface area contributed by atoms with Crippen molar-refractivity contribution in [3.63, 3.8) is 0 Å². The SMILES string of the molecule is C=CN(/C=C\C)CC(=O)C1=CCC2C3CCC4CC(CCC)CCC4(C)C3CCC12C. The highest BCUT2D eigenvalue weighted by Crippen LogP contribution is 2.66. The minimum absolute atomic E-state index is 0.0869. The number of fused-ring (bicyclic) bond motifs is 5. The average molecular weight is 424 g/mol. The number of Topliss-reactive ketones (excluding diaryl/α,β-unsaturated/α-hetero) is 1. The Bertz CT molecular complexity index is 750. The van der Waals surface area contributed by atoms with Gasteiger partial charge in [-0.2, -0.15) is 0 Å². The van der Waals surface area contributed by atoms with Crippen LogP contribution >= 0.6 is 0 Å². The Balaban J connectivity index is 1.49. The summed E-state index contributed by atoms with van der Waals surface area (Å²) in [5.41, 5.74) is 1.77. The second kappa shape index (κ2) is 8.91. The molecular formula is C29H45NO. The van der Waals surface area contributed by atoms with Gasteiger partial charge in [0.2, 0.25) is 0 Å². The molecule has 4 aliphatic rings. The van der Waals surface area contributed by atoms with E-state index in [0.29, 0.717) is 23.7 Å². The first-order valence-electron chi connectivity index (χ1n) is 13.1. The molecule has 0 radical (unpaired) electrons. The predicted molar refractivity (Wildman–Crippen MR) is 130 cm³/mol. The van der Waals surface area contributed by atoms with Crippen LogP contribution in [0.5, 0.6) is 0 Å². The van der Waals surface area contributed by atoms with Crippen LogP contribution in [0.4, 0.5) is 0 Å². The molecule has 0 heterocycles. The van der Waals surface area contributed by atoms with Gasteiger partial charge in [0, 0.05) is 0 Å². The van der Waals surface area contributed by atoms with Gasteiger partial charge in [0.05, 0.1) is 6.54 Å². The summed E-state index contributed by atoms with van der Waals surface area (Å²) in [5, 5.41) is 0. The molecule has 0 aliphatic heterocycles. The van der Waals surface area contributed by atoms with Gasteiger partial charge in [0.1, 0.15) is 0 Å². The third-order valence-corrected chi connectivity index (χ3v) is 10.3. The molecule has 3 fully saturated rings. The summed E-state index contributed by atoms with van der Waals surface area (Å²) in [5.74, 6) is 4.60. The van der Waals surface area contributed by atoms with E-state index in [0.717, 1.165) is 35.7 Å². The molecule has 4 aliphatic carbocycles. The molecule has 0 spiro atoms. The maximum absolute atomic E-state index is 13.3. The number of carbonyl (C=O) groups excluding carboxylic acids is 1. The summed E-state index contributed by atoms with van der Waals surface area (Å²) in [6.45, 7) is 13.7. The fraction of sp³-hybridized carbons (Fsp3) is 0.759. The van der Waals surface area contributed by atoms with Crippen molar-refractivity contribution >= 4 is 5.78 Å². The zero-order valence-corrected chi connectivity index (χ0v) is 20.5. The van der Waals surface area contributed by atoms with E-state index < -0.39 is 0 Å². The molecule has 2 nitrogen and oxygen atoms in total. The average Bonchev–Trinajstić information content (AvgIpc) is 3.11. The standard InChI is InChI=1S/C29H45NO/c1-6-9-21-14-16-28(4)22(19-21)10-11-23-24-12-13-26(29(24,5)17-15-25(23)28)27(31)20-30(8-3)18-7-2/h7-8,13,18,21-25H,3,6,9-12,14-17,19-20H2,1-2,4-5H3/b18-7-. The summed E-state index contributed by atoms with van der Waals surface area (Å²) >= 11 is 0. The Hall–Kier alpha value is -1.31. The second-order valence-corrected chi connectivity index (χ2v) is 11.7. The largest absolute Gasteiger partial charge is 0.347 e. The van der Waals surface area contributed by atoms with E-state index in [1.54, 1.807) is 6.20 Å². The highest BCUT2D eigenvalue weighted by atomic mass is 16.1. The Morgan fingerprint density at radius 1 is 1.19 bits per heavy atom. The Morgan fingerprint density at radius 2 is 2.00 bits per heavy atom. The van der Waals surface area contributed by atoms with Crippen molar-refractivity contribution in [2.75, 3.05) is 6.54 Å². The molecule has 0 N–H and O–H groups in total. The summed E-state index contributed by atoms with van der Waals surface area (Å²) in [6.07, 6.45) is 21.7. The Kier molecular flexibility index (Phi) is 6.57. The lowest BCUT2D eigenvalue weighted by atomic mass is 9.44. The van der Waals surface area contributed by atoms with Crippen molar-refractivity contribution in [2.24, 2.45) is 40.4 Å². The first-order valence-corrected chi connectivity index (χ1v) is 13.1. The number of hydrogen-bond acceptors (Lipinski definition) is 2. The van der Waals surface area contributed by atoms with Crippen LogP contribution in [-0.4, -0.2) is 17.2 Å². The normalized spacial score (nSPS) is 41.8. The van der Waals surface area contributed by atoms with Crippen molar-refractivity contribution in [1.82, 2.24) is 4.90 Å². The van der Waals surface area contributed by atoms with Gasteiger partial charge in [-0.25, -0.2) is 0 Å². The van der Waals surface area contributed by atoms with Crippen LogP contribution < -0.4 is 0 Å². The fourth-order valence-corrected chi connectivity index (χ4v) is 8.64. The highest BCUT2D eigenvalue weighted by Gasteiger charge is 2.59.